The van der Waals surface area contributed by atoms with Crippen molar-refractivity contribution in [3.05, 3.63) is 59.6 Å². The summed E-state index contributed by atoms with van der Waals surface area (Å²) in [5.41, 5.74) is 4.45. The van der Waals surface area contributed by atoms with E-state index < -0.39 is 5.97 Å². The summed E-state index contributed by atoms with van der Waals surface area (Å²) < 4.78 is 0. The Kier molecular flexibility index (Phi) is 3.91. The van der Waals surface area contributed by atoms with Crippen molar-refractivity contribution in [2.75, 3.05) is 5.32 Å². The predicted octanol–water partition coefficient (Wildman–Crippen LogP) is 4.06. The summed E-state index contributed by atoms with van der Waals surface area (Å²) in [4.78, 5) is 22.8. The Balaban J connectivity index is 1.56. The number of carboxylic acids is 1. The molecule has 4 rings (SSSR count). The first-order valence-corrected chi connectivity index (χ1v) is 8.53. The lowest BCUT2D eigenvalue weighted by Gasteiger charge is -2.03. The summed E-state index contributed by atoms with van der Waals surface area (Å²) in [5, 5.41) is 14.9. The van der Waals surface area contributed by atoms with Crippen LogP contribution in [0, 0.1) is 0 Å². The number of thiazole rings is 1. The highest BCUT2D eigenvalue weighted by molar-refractivity contribution is 7.13. The van der Waals surface area contributed by atoms with Crippen LogP contribution < -0.4 is 5.32 Å². The van der Waals surface area contributed by atoms with Crippen molar-refractivity contribution in [1.29, 1.82) is 0 Å². The van der Waals surface area contributed by atoms with Gasteiger partial charge >= 0.3 is 5.97 Å². The van der Waals surface area contributed by atoms with E-state index in [1.165, 1.54) is 0 Å². The van der Waals surface area contributed by atoms with Crippen molar-refractivity contribution in [1.82, 2.24) is 15.0 Å². The highest BCUT2D eigenvalue weighted by atomic mass is 32.1. The van der Waals surface area contributed by atoms with E-state index in [0.717, 1.165) is 32.9 Å². The summed E-state index contributed by atoms with van der Waals surface area (Å²) in [6.45, 7) is 0. The lowest BCUT2D eigenvalue weighted by Crippen LogP contribution is -2.00. The molecule has 0 atom stereocenters. The number of hydrogen-bond donors (Lipinski definition) is 3. The first kappa shape index (κ1) is 15.3. The highest BCUT2D eigenvalue weighted by Gasteiger charge is 2.07. The first-order chi connectivity index (χ1) is 12.2. The predicted molar refractivity (Wildman–Crippen MR) is 98.3 cm³/mol. The molecule has 0 aliphatic heterocycles. The molecule has 0 unspecified atom stereocenters. The summed E-state index contributed by atoms with van der Waals surface area (Å²) in [6.07, 6.45) is 1.81. The number of fused-ring (bicyclic) bond motifs is 1. The molecule has 0 saturated heterocycles. The Labute approximate surface area is 147 Å². The van der Waals surface area contributed by atoms with Gasteiger partial charge in [-0.2, -0.15) is 0 Å². The molecule has 4 aromatic rings. The number of H-pyrrole nitrogens is 1. The summed E-state index contributed by atoms with van der Waals surface area (Å²) in [6, 6.07) is 13.3. The van der Waals surface area contributed by atoms with E-state index >= 15 is 0 Å². The Morgan fingerprint density at radius 2 is 2.04 bits per heavy atom. The third-order valence-electron chi connectivity index (χ3n) is 3.73. The van der Waals surface area contributed by atoms with Crippen LogP contribution in [0.15, 0.2) is 54.0 Å². The van der Waals surface area contributed by atoms with Gasteiger partial charge in [-0.3, -0.25) is 4.79 Å². The molecule has 0 radical (unpaired) electrons. The number of nitrogens with one attached hydrogen (secondary N) is 2. The van der Waals surface area contributed by atoms with Crippen LogP contribution in [0.5, 0.6) is 0 Å². The molecule has 0 amide bonds. The minimum absolute atomic E-state index is 0.0183. The van der Waals surface area contributed by atoms with Crippen LogP contribution in [0.1, 0.15) is 5.56 Å². The van der Waals surface area contributed by atoms with Gasteiger partial charge < -0.3 is 15.4 Å². The maximum Gasteiger partial charge on any atom is 0.307 e. The number of imidazole rings is 1. The smallest absolute Gasteiger partial charge is 0.307 e. The van der Waals surface area contributed by atoms with Crippen molar-refractivity contribution >= 4 is 40.0 Å². The van der Waals surface area contributed by atoms with Crippen LogP contribution in [-0.4, -0.2) is 26.0 Å². The Hall–Kier alpha value is -3.19. The maximum absolute atomic E-state index is 10.7. The molecule has 25 heavy (non-hydrogen) atoms. The maximum atomic E-state index is 10.7. The Morgan fingerprint density at radius 1 is 1.20 bits per heavy atom. The molecule has 6 nitrogen and oxygen atoms in total. The van der Waals surface area contributed by atoms with E-state index in [1.807, 2.05) is 35.7 Å². The number of aromatic amines is 1. The lowest BCUT2D eigenvalue weighted by molar-refractivity contribution is -0.136. The van der Waals surface area contributed by atoms with Crippen molar-refractivity contribution in [3.8, 4) is 10.6 Å². The van der Waals surface area contributed by atoms with Gasteiger partial charge in [-0.25, -0.2) is 9.97 Å². The number of aromatic nitrogens is 3. The van der Waals surface area contributed by atoms with Crippen LogP contribution in [0.25, 0.3) is 21.6 Å². The molecule has 0 aliphatic rings. The molecule has 0 bridgehead atoms. The SMILES string of the molecule is O=C(O)Cc1ccc(Nc2nc3ccc(-c4nccs4)cc3[nH]2)cc1. The fourth-order valence-corrected chi connectivity index (χ4v) is 3.22. The number of rotatable bonds is 5. The molecule has 124 valence electrons. The largest absolute Gasteiger partial charge is 0.481 e. The topological polar surface area (TPSA) is 90.9 Å². The van der Waals surface area contributed by atoms with Gasteiger partial charge in [0, 0.05) is 22.8 Å². The van der Waals surface area contributed by atoms with Crippen LogP contribution >= 0.6 is 11.3 Å². The number of aliphatic carboxylic acids is 1. The van der Waals surface area contributed by atoms with Crippen LogP contribution in [0.2, 0.25) is 0 Å². The molecule has 2 aromatic carbocycles. The van der Waals surface area contributed by atoms with E-state index in [0.29, 0.717) is 5.95 Å². The van der Waals surface area contributed by atoms with Crippen molar-refractivity contribution < 1.29 is 9.90 Å². The van der Waals surface area contributed by atoms with Crippen LogP contribution in [-0.2, 0) is 11.2 Å². The van der Waals surface area contributed by atoms with Gasteiger partial charge in [-0.05, 0) is 35.9 Å². The van der Waals surface area contributed by atoms with E-state index in [9.17, 15) is 4.79 Å². The third kappa shape index (κ3) is 3.36. The minimum atomic E-state index is -0.839. The summed E-state index contributed by atoms with van der Waals surface area (Å²) in [7, 11) is 0. The average Bonchev–Trinajstić information content (AvgIpc) is 3.24. The fraction of sp³-hybridized carbons (Fsp3) is 0.0556. The van der Waals surface area contributed by atoms with E-state index in [-0.39, 0.29) is 6.42 Å². The first-order valence-electron chi connectivity index (χ1n) is 7.65. The van der Waals surface area contributed by atoms with Crippen LogP contribution in [0.4, 0.5) is 11.6 Å². The fourth-order valence-electron chi connectivity index (χ4n) is 2.59. The molecule has 0 fully saturated rings. The highest BCUT2D eigenvalue weighted by Crippen LogP contribution is 2.26. The molecule has 2 heterocycles. The van der Waals surface area contributed by atoms with Gasteiger partial charge in [0.15, 0.2) is 0 Å². The minimum Gasteiger partial charge on any atom is -0.481 e. The quantitative estimate of drug-likeness (QED) is 0.505. The number of hydrogen-bond acceptors (Lipinski definition) is 5. The summed E-state index contributed by atoms with van der Waals surface area (Å²) >= 11 is 1.60. The molecule has 0 saturated carbocycles. The van der Waals surface area contributed by atoms with Gasteiger partial charge in [-0.1, -0.05) is 12.1 Å². The molecule has 0 spiro atoms. The molecular weight excluding hydrogens is 336 g/mol. The number of carboxylic acid groups (broad SMARTS) is 1. The van der Waals surface area contributed by atoms with E-state index in [4.69, 9.17) is 5.11 Å². The van der Waals surface area contributed by atoms with Gasteiger partial charge in [0.2, 0.25) is 5.95 Å². The lowest BCUT2D eigenvalue weighted by atomic mass is 10.1. The zero-order valence-corrected chi connectivity index (χ0v) is 13.9. The van der Waals surface area contributed by atoms with Gasteiger partial charge in [0.05, 0.1) is 17.5 Å². The van der Waals surface area contributed by atoms with Crippen LogP contribution in [0.3, 0.4) is 0 Å². The standard InChI is InChI=1S/C18H14N4O2S/c23-16(24)9-11-1-4-13(5-2-11)20-18-21-14-6-3-12(10-15(14)22-18)17-19-7-8-25-17/h1-8,10H,9H2,(H,23,24)(H2,20,21,22). The van der Waals surface area contributed by atoms with Gasteiger partial charge in [0.25, 0.3) is 0 Å². The molecule has 0 aliphatic carbocycles. The van der Waals surface area contributed by atoms with Gasteiger partial charge in [-0.15, -0.1) is 11.3 Å². The summed E-state index contributed by atoms with van der Waals surface area (Å²) in [5.74, 6) is -0.202. The molecule has 3 N–H and O–H groups in total. The number of carbonyl (C=O) groups is 1. The zero-order chi connectivity index (χ0) is 17.2. The van der Waals surface area contributed by atoms with Crippen molar-refractivity contribution in [2.45, 2.75) is 6.42 Å². The number of nitrogens with zero attached hydrogens (tertiary/aromatic N) is 2. The zero-order valence-electron chi connectivity index (χ0n) is 13.1. The Bertz CT molecular complexity index is 1020. The number of benzene rings is 2. The van der Waals surface area contributed by atoms with E-state index in [1.54, 1.807) is 29.7 Å². The Morgan fingerprint density at radius 3 is 2.76 bits per heavy atom. The second kappa shape index (κ2) is 6.37. The van der Waals surface area contributed by atoms with Gasteiger partial charge in [0.1, 0.15) is 5.01 Å². The van der Waals surface area contributed by atoms with Crippen molar-refractivity contribution in [2.24, 2.45) is 0 Å². The normalized spacial score (nSPS) is 10.9. The van der Waals surface area contributed by atoms with E-state index in [2.05, 4.69) is 20.3 Å². The molecule has 7 heteroatoms. The molecular formula is C18H14N4O2S. The average molecular weight is 350 g/mol. The van der Waals surface area contributed by atoms with Crippen molar-refractivity contribution in [3.63, 3.8) is 0 Å². The second-order valence-corrected chi connectivity index (χ2v) is 6.44. The number of anilines is 2. The third-order valence-corrected chi connectivity index (χ3v) is 4.56. The molecule has 2 aromatic heterocycles. The monoisotopic (exact) mass is 350 g/mol. The second-order valence-electron chi connectivity index (χ2n) is 5.55.